The predicted octanol–water partition coefficient (Wildman–Crippen LogP) is 5.88. The van der Waals surface area contributed by atoms with Crippen molar-refractivity contribution in [1.82, 2.24) is 0 Å². The molecule has 0 radical (unpaired) electrons. The van der Waals surface area contributed by atoms with Crippen molar-refractivity contribution in [1.29, 1.82) is 0 Å². The Morgan fingerprint density at radius 3 is 1.89 bits per heavy atom. The molecule has 1 atom stereocenters. The standard InChI is InChI=1S/C16H31ClO/c1-3-4-5-6-7-8-9-10-11-12-16(18)14-13-15(2)17/h15H,3-14H2,1-2H3. The summed E-state index contributed by atoms with van der Waals surface area (Å²) in [5, 5.41) is 0.136. The highest BCUT2D eigenvalue weighted by Gasteiger charge is 2.04. The van der Waals surface area contributed by atoms with E-state index in [-0.39, 0.29) is 5.38 Å². The van der Waals surface area contributed by atoms with E-state index < -0.39 is 0 Å². The molecule has 0 saturated carbocycles. The topological polar surface area (TPSA) is 17.1 Å². The van der Waals surface area contributed by atoms with Crippen molar-refractivity contribution in [2.45, 2.75) is 96.3 Å². The second-order valence-corrected chi connectivity index (χ2v) is 6.18. The fourth-order valence-corrected chi connectivity index (χ4v) is 2.23. The summed E-state index contributed by atoms with van der Waals surface area (Å²) in [6.45, 7) is 4.20. The molecule has 1 unspecified atom stereocenters. The minimum Gasteiger partial charge on any atom is -0.300 e. The summed E-state index contributed by atoms with van der Waals surface area (Å²) in [5.74, 6) is 0.394. The van der Waals surface area contributed by atoms with Gasteiger partial charge in [0.25, 0.3) is 0 Å². The van der Waals surface area contributed by atoms with Gasteiger partial charge in [0.05, 0.1) is 0 Å². The van der Waals surface area contributed by atoms with Gasteiger partial charge in [0.15, 0.2) is 0 Å². The summed E-state index contributed by atoms with van der Waals surface area (Å²) in [7, 11) is 0. The molecule has 2 heteroatoms. The van der Waals surface area contributed by atoms with Gasteiger partial charge < -0.3 is 0 Å². The zero-order chi connectivity index (χ0) is 13.6. The van der Waals surface area contributed by atoms with E-state index >= 15 is 0 Å². The lowest BCUT2D eigenvalue weighted by Crippen LogP contribution is -2.01. The van der Waals surface area contributed by atoms with Gasteiger partial charge in [0.2, 0.25) is 0 Å². The van der Waals surface area contributed by atoms with Gasteiger partial charge in [0, 0.05) is 18.2 Å². The highest BCUT2D eigenvalue weighted by Crippen LogP contribution is 2.12. The molecule has 0 heterocycles. The molecule has 0 aliphatic carbocycles. The lowest BCUT2D eigenvalue weighted by atomic mass is 10.0. The minimum atomic E-state index is 0.136. The van der Waals surface area contributed by atoms with Crippen LogP contribution in [0.5, 0.6) is 0 Å². The summed E-state index contributed by atoms with van der Waals surface area (Å²) >= 11 is 5.82. The molecule has 0 fully saturated rings. The maximum absolute atomic E-state index is 11.5. The maximum Gasteiger partial charge on any atom is 0.132 e. The van der Waals surface area contributed by atoms with E-state index in [2.05, 4.69) is 6.92 Å². The van der Waals surface area contributed by atoms with Gasteiger partial charge in [-0.05, 0) is 19.8 Å². The Bertz CT molecular complexity index is 190. The summed E-state index contributed by atoms with van der Waals surface area (Å²) in [6, 6.07) is 0. The zero-order valence-corrected chi connectivity index (χ0v) is 13.1. The number of rotatable bonds is 13. The van der Waals surface area contributed by atoms with Gasteiger partial charge in [-0.25, -0.2) is 0 Å². The van der Waals surface area contributed by atoms with Crippen LogP contribution >= 0.6 is 11.6 Å². The number of carbonyl (C=O) groups excluding carboxylic acids is 1. The van der Waals surface area contributed by atoms with Crippen molar-refractivity contribution in [3.63, 3.8) is 0 Å². The molecule has 1 nitrogen and oxygen atoms in total. The summed E-state index contributed by atoms with van der Waals surface area (Å²) < 4.78 is 0. The van der Waals surface area contributed by atoms with E-state index in [1.54, 1.807) is 0 Å². The van der Waals surface area contributed by atoms with E-state index in [4.69, 9.17) is 11.6 Å². The molecule has 0 aliphatic heterocycles. The monoisotopic (exact) mass is 274 g/mol. The van der Waals surface area contributed by atoms with Crippen LogP contribution < -0.4 is 0 Å². The van der Waals surface area contributed by atoms with Crippen molar-refractivity contribution in [2.75, 3.05) is 0 Å². The van der Waals surface area contributed by atoms with Gasteiger partial charge in [-0.1, -0.05) is 58.3 Å². The van der Waals surface area contributed by atoms with Gasteiger partial charge in [-0.15, -0.1) is 11.6 Å². The number of Topliss-reactive ketones (excluding diaryl/α,β-unsaturated/α-hetero) is 1. The maximum atomic E-state index is 11.5. The van der Waals surface area contributed by atoms with Gasteiger partial charge in [0.1, 0.15) is 5.78 Å². The number of ketones is 1. The Labute approximate surface area is 119 Å². The van der Waals surface area contributed by atoms with Crippen LogP contribution in [0.1, 0.15) is 90.9 Å². The molecule has 108 valence electrons. The first-order chi connectivity index (χ1) is 8.66. The Hall–Kier alpha value is -0.0400. The normalized spacial score (nSPS) is 12.6. The quantitative estimate of drug-likeness (QED) is 0.303. The third-order valence-electron chi connectivity index (χ3n) is 3.38. The Balaban J connectivity index is 3.12. The summed E-state index contributed by atoms with van der Waals surface area (Å²) in [4.78, 5) is 11.5. The number of unbranched alkanes of at least 4 members (excludes halogenated alkanes) is 8. The van der Waals surface area contributed by atoms with Crippen molar-refractivity contribution in [3.05, 3.63) is 0 Å². The molecule has 0 aromatic carbocycles. The van der Waals surface area contributed by atoms with Crippen LogP contribution in [-0.2, 0) is 4.79 Å². The average Bonchev–Trinajstić information content (AvgIpc) is 2.34. The molecule has 18 heavy (non-hydrogen) atoms. The van der Waals surface area contributed by atoms with E-state index in [0.29, 0.717) is 12.2 Å². The third kappa shape index (κ3) is 14.0. The minimum absolute atomic E-state index is 0.136. The largest absolute Gasteiger partial charge is 0.300 e. The second-order valence-electron chi connectivity index (χ2n) is 5.44. The highest BCUT2D eigenvalue weighted by molar-refractivity contribution is 6.20. The van der Waals surface area contributed by atoms with Crippen LogP contribution in [0.3, 0.4) is 0 Å². The lowest BCUT2D eigenvalue weighted by Gasteiger charge is -2.03. The molecule has 0 amide bonds. The fourth-order valence-electron chi connectivity index (χ4n) is 2.12. The molecule has 0 aromatic rings. The van der Waals surface area contributed by atoms with E-state index in [0.717, 1.165) is 19.3 Å². The second kappa shape index (κ2) is 13.4. The highest BCUT2D eigenvalue weighted by atomic mass is 35.5. The summed E-state index contributed by atoms with van der Waals surface area (Å²) in [5.41, 5.74) is 0. The fraction of sp³-hybridized carbons (Fsp3) is 0.938. The molecule has 0 saturated heterocycles. The molecule has 0 rings (SSSR count). The predicted molar refractivity (Wildman–Crippen MR) is 81.4 cm³/mol. The first kappa shape index (κ1) is 18.0. The van der Waals surface area contributed by atoms with Crippen molar-refractivity contribution in [2.24, 2.45) is 0 Å². The number of hydrogen-bond acceptors (Lipinski definition) is 1. The average molecular weight is 275 g/mol. The Morgan fingerprint density at radius 2 is 1.39 bits per heavy atom. The number of alkyl halides is 1. The first-order valence-electron chi connectivity index (χ1n) is 7.82. The zero-order valence-electron chi connectivity index (χ0n) is 12.3. The molecular weight excluding hydrogens is 244 g/mol. The Morgan fingerprint density at radius 1 is 0.889 bits per heavy atom. The van der Waals surface area contributed by atoms with Crippen LogP contribution in [0.25, 0.3) is 0 Å². The van der Waals surface area contributed by atoms with E-state index in [1.165, 1.54) is 51.4 Å². The first-order valence-corrected chi connectivity index (χ1v) is 8.26. The van der Waals surface area contributed by atoms with Crippen LogP contribution in [0.2, 0.25) is 0 Å². The molecule has 0 aliphatic rings. The lowest BCUT2D eigenvalue weighted by molar-refractivity contribution is -0.119. The van der Waals surface area contributed by atoms with Crippen molar-refractivity contribution in [3.8, 4) is 0 Å². The van der Waals surface area contributed by atoms with Crippen molar-refractivity contribution < 1.29 is 4.79 Å². The van der Waals surface area contributed by atoms with Gasteiger partial charge in [-0.3, -0.25) is 4.79 Å². The van der Waals surface area contributed by atoms with Crippen LogP contribution in [-0.4, -0.2) is 11.2 Å². The van der Waals surface area contributed by atoms with Gasteiger partial charge in [-0.2, -0.15) is 0 Å². The van der Waals surface area contributed by atoms with Crippen LogP contribution in [0, 0.1) is 0 Å². The molecule has 0 aromatic heterocycles. The molecule has 0 bridgehead atoms. The molecule has 0 N–H and O–H groups in total. The van der Waals surface area contributed by atoms with E-state index in [1.807, 2.05) is 6.92 Å². The van der Waals surface area contributed by atoms with Crippen molar-refractivity contribution >= 4 is 17.4 Å². The van der Waals surface area contributed by atoms with E-state index in [9.17, 15) is 4.79 Å². The smallest absolute Gasteiger partial charge is 0.132 e. The SMILES string of the molecule is CCCCCCCCCCCC(=O)CCC(C)Cl. The third-order valence-corrected chi connectivity index (χ3v) is 3.60. The number of halogens is 1. The molecular formula is C16H31ClO. The number of hydrogen-bond donors (Lipinski definition) is 0. The summed E-state index contributed by atoms with van der Waals surface area (Å²) in [6.07, 6.45) is 14.1. The van der Waals surface area contributed by atoms with Crippen LogP contribution in [0.15, 0.2) is 0 Å². The van der Waals surface area contributed by atoms with Gasteiger partial charge >= 0.3 is 0 Å². The van der Waals surface area contributed by atoms with Crippen LogP contribution in [0.4, 0.5) is 0 Å². The Kier molecular flexibility index (Phi) is 13.4. The number of carbonyl (C=O) groups is 1. The molecule has 0 spiro atoms.